The van der Waals surface area contributed by atoms with Crippen molar-refractivity contribution in [1.82, 2.24) is 9.80 Å². The first-order valence-electron chi connectivity index (χ1n) is 14.0. The number of hydrogen-bond acceptors (Lipinski definition) is 5. The minimum Gasteiger partial charge on any atom is -0.464 e. The highest BCUT2D eigenvalue weighted by molar-refractivity contribution is 5.90. The smallest absolute Gasteiger partial charge is 0.410 e. The van der Waals surface area contributed by atoms with Crippen molar-refractivity contribution in [3.63, 3.8) is 0 Å². The molecule has 196 valence electrons. The maximum Gasteiger partial charge on any atom is 0.410 e. The van der Waals surface area contributed by atoms with Crippen molar-refractivity contribution in [3.05, 3.63) is 0 Å². The zero-order valence-electron chi connectivity index (χ0n) is 21.7. The van der Waals surface area contributed by atoms with E-state index in [2.05, 4.69) is 6.92 Å². The highest BCUT2D eigenvalue weighted by Crippen LogP contribution is 2.25. The average molecular weight is 481 g/mol. The molecule has 2 fully saturated rings. The van der Waals surface area contributed by atoms with E-state index in [9.17, 15) is 14.4 Å². The van der Waals surface area contributed by atoms with Crippen LogP contribution < -0.4 is 0 Å². The molecule has 2 heterocycles. The minimum atomic E-state index is -0.538. The standard InChI is InChI=1S/C27H48N2O5/c1-3-5-7-8-9-10-11-16-22-33-26(31)24-18-13-14-19-28(24)25(30)23-17-12-15-20-29(23)27(32)34-21-6-4-2/h23-24H,3-22H2,1-2H3. The quantitative estimate of drug-likeness (QED) is 0.230. The summed E-state index contributed by atoms with van der Waals surface area (Å²) >= 11 is 0. The van der Waals surface area contributed by atoms with Crippen LogP contribution in [0.15, 0.2) is 0 Å². The van der Waals surface area contributed by atoms with Gasteiger partial charge in [0.05, 0.1) is 13.2 Å². The van der Waals surface area contributed by atoms with Crippen molar-refractivity contribution in [1.29, 1.82) is 0 Å². The van der Waals surface area contributed by atoms with Crippen LogP contribution in [0, 0.1) is 0 Å². The Hall–Kier alpha value is -1.79. The third-order valence-electron chi connectivity index (χ3n) is 7.05. The summed E-state index contributed by atoms with van der Waals surface area (Å²) in [4.78, 5) is 42.3. The summed E-state index contributed by atoms with van der Waals surface area (Å²) in [5, 5.41) is 0. The largest absolute Gasteiger partial charge is 0.464 e. The molecule has 2 rings (SSSR count). The van der Waals surface area contributed by atoms with E-state index in [-0.39, 0.29) is 11.9 Å². The molecule has 0 aromatic carbocycles. The topological polar surface area (TPSA) is 76.2 Å². The Labute approximate surface area is 206 Å². The first kappa shape index (κ1) is 28.4. The normalized spacial score (nSPS) is 20.8. The van der Waals surface area contributed by atoms with Gasteiger partial charge in [0.1, 0.15) is 12.1 Å². The fraction of sp³-hybridized carbons (Fsp3) is 0.889. The van der Waals surface area contributed by atoms with Gasteiger partial charge in [0.2, 0.25) is 5.91 Å². The van der Waals surface area contributed by atoms with Gasteiger partial charge in [0.25, 0.3) is 0 Å². The highest BCUT2D eigenvalue weighted by atomic mass is 16.6. The number of carbonyl (C=O) groups excluding carboxylic acids is 3. The lowest BCUT2D eigenvalue weighted by Crippen LogP contribution is -2.58. The van der Waals surface area contributed by atoms with Gasteiger partial charge in [-0.15, -0.1) is 0 Å². The SMILES string of the molecule is CCCCCCCCCCOC(=O)C1CCCCN1C(=O)C1CCCCN1C(=O)OCCCC. The van der Waals surface area contributed by atoms with Gasteiger partial charge in [-0.3, -0.25) is 9.69 Å². The average Bonchev–Trinajstić information content (AvgIpc) is 2.87. The van der Waals surface area contributed by atoms with Crippen LogP contribution in [-0.4, -0.2) is 66.2 Å². The van der Waals surface area contributed by atoms with Crippen LogP contribution in [-0.2, 0) is 19.1 Å². The van der Waals surface area contributed by atoms with Gasteiger partial charge in [-0.25, -0.2) is 9.59 Å². The molecular weight excluding hydrogens is 432 g/mol. The lowest BCUT2D eigenvalue weighted by Gasteiger charge is -2.40. The first-order chi connectivity index (χ1) is 16.6. The van der Waals surface area contributed by atoms with E-state index in [1.54, 1.807) is 9.80 Å². The fourth-order valence-electron chi connectivity index (χ4n) is 4.93. The van der Waals surface area contributed by atoms with Gasteiger partial charge < -0.3 is 14.4 Å². The van der Waals surface area contributed by atoms with Crippen LogP contribution in [0.4, 0.5) is 4.79 Å². The van der Waals surface area contributed by atoms with Crippen LogP contribution in [0.1, 0.15) is 117 Å². The summed E-state index contributed by atoms with van der Waals surface area (Å²) in [6, 6.07) is -1.07. The number of esters is 1. The molecule has 2 aliphatic rings. The van der Waals surface area contributed by atoms with Crippen molar-refractivity contribution in [3.8, 4) is 0 Å². The number of carbonyl (C=O) groups is 3. The fourth-order valence-corrected chi connectivity index (χ4v) is 4.93. The zero-order chi connectivity index (χ0) is 24.6. The van der Waals surface area contributed by atoms with E-state index in [0.717, 1.165) is 51.4 Å². The summed E-state index contributed by atoms with van der Waals surface area (Å²) < 4.78 is 11.0. The summed E-state index contributed by atoms with van der Waals surface area (Å²) in [6.45, 7) is 6.15. The first-order valence-corrected chi connectivity index (χ1v) is 14.0. The predicted octanol–water partition coefficient (Wildman–Crippen LogP) is 5.84. The Morgan fingerprint density at radius 3 is 1.88 bits per heavy atom. The number of ether oxygens (including phenoxy) is 2. The third kappa shape index (κ3) is 9.46. The van der Waals surface area contributed by atoms with Gasteiger partial charge in [0, 0.05) is 13.1 Å². The molecule has 7 nitrogen and oxygen atoms in total. The van der Waals surface area contributed by atoms with Gasteiger partial charge in [-0.05, 0) is 51.4 Å². The number of unbranched alkanes of at least 4 members (excludes halogenated alkanes) is 8. The summed E-state index contributed by atoms with van der Waals surface area (Å²) in [5.41, 5.74) is 0. The minimum absolute atomic E-state index is 0.124. The van der Waals surface area contributed by atoms with E-state index in [4.69, 9.17) is 9.47 Å². The summed E-state index contributed by atoms with van der Waals surface area (Å²) in [6.07, 6.45) is 15.7. The molecule has 0 bridgehead atoms. The molecule has 0 radical (unpaired) electrons. The number of amides is 2. The maximum atomic E-state index is 13.5. The second-order valence-corrected chi connectivity index (χ2v) is 9.86. The molecular formula is C27H48N2O5. The van der Waals surface area contributed by atoms with E-state index >= 15 is 0 Å². The van der Waals surface area contributed by atoms with Crippen molar-refractivity contribution < 1.29 is 23.9 Å². The molecule has 2 aliphatic heterocycles. The zero-order valence-corrected chi connectivity index (χ0v) is 21.7. The molecule has 34 heavy (non-hydrogen) atoms. The molecule has 2 atom stereocenters. The number of piperidine rings is 2. The van der Waals surface area contributed by atoms with E-state index in [1.807, 2.05) is 6.92 Å². The second-order valence-electron chi connectivity index (χ2n) is 9.86. The van der Waals surface area contributed by atoms with Gasteiger partial charge in [0.15, 0.2) is 0 Å². The van der Waals surface area contributed by atoms with Crippen LogP contribution >= 0.6 is 0 Å². The number of rotatable bonds is 14. The van der Waals surface area contributed by atoms with Crippen LogP contribution in [0.2, 0.25) is 0 Å². The van der Waals surface area contributed by atoms with Crippen molar-refractivity contribution in [2.45, 2.75) is 129 Å². The molecule has 0 spiro atoms. The van der Waals surface area contributed by atoms with Gasteiger partial charge in [-0.1, -0.05) is 65.2 Å². The Balaban J connectivity index is 1.83. The second kappa shape index (κ2) is 16.8. The Kier molecular flexibility index (Phi) is 14.0. The molecule has 2 unspecified atom stereocenters. The van der Waals surface area contributed by atoms with E-state index in [1.165, 1.54) is 38.5 Å². The number of likely N-dealkylation sites (tertiary alicyclic amines) is 2. The van der Waals surface area contributed by atoms with Gasteiger partial charge in [-0.2, -0.15) is 0 Å². The maximum absolute atomic E-state index is 13.5. The van der Waals surface area contributed by atoms with Crippen molar-refractivity contribution in [2.24, 2.45) is 0 Å². The van der Waals surface area contributed by atoms with Crippen LogP contribution in [0.25, 0.3) is 0 Å². The predicted molar refractivity (Wildman–Crippen MR) is 134 cm³/mol. The molecule has 2 amide bonds. The van der Waals surface area contributed by atoms with Crippen LogP contribution in [0.5, 0.6) is 0 Å². The highest BCUT2D eigenvalue weighted by Gasteiger charge is 2.41. The van der Waals surface area contributed by atoms with Gasteiger partial charge >= 0.3 is 12.1 Å². The summed E-state index contributed by atoms with van der Waals surface area (Å²) in [7, 11) is 0. The van der Waals surface area contributed by atoms with E-state index in [0.29, 0.717) is 39.1 Å². The Bertz CT molecular complexity index is 612. The monoisotopic (exact) mass is 480 g/mol. The van der Waals surface area contributed by atoms with Crippen molar-refractivity contribution in [2.75, 3.05) is 26.3 Å². The molecule has 0 saturated carbocycles. The molecule has 0 aromatic rings. The molecule has 7 heteroatoms. The van der Waals surface area contributed by atoms with Crippen molar-refractivity contribution >= 4 is 18.0 Å². The van der Waals surface area contributed by atoms with Crippen LogP contribution in [0.3, 0.4) is 0 Å². The molecule has 0 aliphatic carbocycles. The third-order valence-corrected chi connectivity index (χ3v) is 7.05. The lowest BCUT2D eigenvalue weighted by molar-refractivity contribution is -0.159. The number of hydrogen-bond donors (Lipinski definition) is 0. The molecule has 2 saturated heterocycles. The Morgan fingerprint density at radius 2 is 1.21 bits per heavy atom. The number of nitrogens with zero attached hydrogens (tertiary/aromatic N) is 2. The summed E-state index contributed by atoms with van der Waals surface area (Å²) in [5.74, 6) is -0.412. The molecule has 0 aromatic heterocycles. The lowest BCUT2D eigenvalue weighted by atomic mass is 9.97. The van der Waals surface area contributed by atoms with E-state index < -0.39 is 18.2 Å². The Morgan fingerprint density at radius 1 is 0.647 bits per heavy atom. The molecule has 0 N–H and O–H groups in total.